The van der Waals surface area contributed by atoms with E-state index in [0.717, 1.165) is 6.42 Å². The van der Waals surface area contributed by atoms with E-state index in [4.69, 9.17) is 0 Å². The van der Waals surface area contributed by atoms with Gasteiger partial charge in [-0.2, -0.15) is 0 Å². The zero-order chi connectivity index (χ0) is 5.70. The topological polar surface area (TPSA) is 0 Å². The SMILES string of the molecule is C/C=C(\S)CCC. The van der Waals surface area contributed by atoms with E-state index in [1.807, 2.05) is 13.0 Å². The second-order valence-corrected chi connectivity index (χ2v) is 2.10. The molecular weight excluding hydrogens is 104 g/mol. The molecule has 0 saturated heterocycles. The first-order valence-electron chi connectivity index (χ1n) is 2.65. The first-order chi connectivity index (χ1) is 3.31. The summed E-state index contributed by atoms with van der Waals surface area (Å²) in [5, 5.41) is 0. The van der Waals surface area contributed by atoms with Crippen molar-refractivity contribution in [1.29, 1.82) is 0 Å². The maximum absolute atomic E-state index is 4.17. The van der Waals surface area contributed by atoms with E-state index in [0.29, 0.717) is 0 Å². The smallest absolute Gasteiger partial charge is 0.0227 e. The Labute approximate surface area is 51.0 Å². The van der Waals surface area contributed by atoms with Crippen LogP contribution < -0.4 is 0 Å². The molecule has 0 aromatic rings. The van der Waals surface area contributed by atoms with Gasteiger partial charge in [-0.25, -0.2) is 0 Å². The van der Waals surface area contributed by atoms with Crippen molar-refractivity contribution in [3.63, 3.8) is 0 Å². The van der Waals surface area contributed by atoms with Crippen LogP contribution in [0.3, 0.4) is 0 Å². The third-order valence-corrected chi connectivity index (χ3v) is 1.32. The Kier molecular flexibility index (Phi) is 4.31. The molecule has 0 nitrogen and oxygen atoms in total. The molecule has 0 radical (unpaired) electrons. The minimum absolute atomic E-state index is 1.12. The zero-order valence-corrected chi connectivity index (χ0v) is 5.83. The van der Waals surface area contributed by atoms with Gasteiger partial charge in [0.05, 0.1) is 0 Å². The van der Waals surface area contributed by atoms with E-state index in [-0.39, 0.29) is 0 Å². The molecule has 0 unspecified atom stereocenters. The quantitative estimate of drug-likeness (QED) is 0.527. The van der Waals surface area contributed by atoms with Gasteiger partial charge in [0.2, 0.25) is 0 Å². The summed E-state index contributed by atoms with van der Waals surface area (Å²) in [6.07, 6.45) is 4.36. The van der Waals surface area contributed by atoms with Gasteiger partial charge in [-0.05, 0) is 18.2 Å². The van der Waals surface area contributed by atoms with Gasteiger partial charge in [0.1, 0.15) is 0 Å². The summed E-state index contributed by atoms with van der Waals surface area (Å²) >= 11 is 4.17. The van der Waals surface area contributed by atoms with Crippen LogP contribution in [-0.4, -0.2) is 0 Å². The van der Waals surface area contributed by atoms with Crippen LogP contribution in [0.1, 0.15) is 26.7 Å². The lowest BCUT2D eigenvalue weighted by molar-refractivity contribution is 0.947. The van der Waals surface area contributed by atoms with Crippen LogP contribution in [0.25, 0.3) is 0 Å². The van der Waals surface area contributed by atoms with Crippen molar-refractivity contribution >= 4 is 12.6 Å². The van der Waals surface area contributed by atoms with Crippen LogP contribution in [0.5, 0.6) is 0 Å². The van der Waals surface area contributed by atoms with Crippen molar-refractivity contribution in [2.24, 2.45) is 0 Å². The van der Waals surface area contributed by atoms with Crippen LogP contribution in [0.4, 0.5) is 0 Å². The lowest BCUT2D eigenvalue weighted by atomic mass is 10.3. The first kappa shape index (κ1) is 7.09. The second-order valence-electron chi connectivity index (χ2n) is 1.53. The van der Waals surface area contributed by atoms with Crippen LogP contribution >= 0.6 is 12.6 Å². The Morgan fingerprint density at radius 3 is 2.43 bits per heavy atom. The highest BCUT2D eigenvalue weighted by atomic mass is 32.1. The summed E-state index contributed by atoms with van der Waals surface area (Å²) in [5.41, 5.74) is 0. The molecule has 0 atom stereocenters. The molecule has 0 aromatic heterocycles. The van der Waals surface area contributed by atoms with Crippen LogP contribution in [0.15, 0.2) is 11.0 Å². The van der Waals surface area contributed by atoms with E-state index in [1.165, 1.54) is 11.3 Å². The number of thiol groups is 1. The van der Waals surface area contributed by atoms with Crippen molar-refractivity contribution in [3.05, 3.63) is 11.0 Å². The number of hydrogen-bond acceptors (Lipinski definition) is 1. The van der Waals surface area contributed by atoms with E-state index in [1.54, 1.807) is 0 Å². The standard InChI is InChI=1S/C6H12S/c1-3-5-6(7)4-2/h4,7H,3,5H2,1-2H3/b6-4-. The first-order valence-corrected chi connectivity index (χ1v) is 3.10. The molecule has 0 bridgehead atoms. The number of allylic oxidation sites excluding steroid dienone is 2. The Bertz CT molecular complexity index is 64.6. The number of rotatable bonds is 2. The predicted octanol–water partition coefficient (Wildman–Crippen LogP) is 2.62. The van der Waals surface area contributed by atoms with Gasteiger partial charge in [-0.1, -0.05) is 19.4 Å². The Balaban J connectivity index is 3.17. The molecule has 0 N–H and O–H groups in total. The fourth-order valence-electron chi connectivity index (χ4n) is 0.400. The van der Waals surface area contributed by atoms with E-state index < -0.39 is 0 Å². The molecule has 0 aliphatic rings. The molecule has 7 heavy (non-hydrogen) atoms. The summed E-state index contributed by atoms with van der Waals surface area (Å²) in [4.78, 5) is 1.20. The summed E-state index contributed by atoms with van der Waals surface area (Å²) in [6.45, 7) is 4.16. The van der Waals surface area contributed by atoms with Crippen LogP contribution in [-0.2, 0) is 0 Å². The van der Waals surface area contributed by atoms with Gasteiger partial charge in [0.15, 0.2) is 0 Å². The minimum atomic E-state index is 1.12. The monoisotopic (exact) mass is 116 g/mol. The van der Waals surface area contributed by atoms with E-state index in [2.05, 4.69) is 19.6 Å². The Morgan fingerprint density at radius 1 is 1.71 bits per heavy atom. The molecule has 0 rings (SSSR count). The zero-order valence-electron chi connectivity index (χ0n) is 4.94. The fraction of sp³-hybridized carbons (Fsp3) is 0.667. The highest BCUT2D eigenvalue weighted by molar-refractivity contribution is 7.84. The average molecular weight is 116 g/mol. The fourth-order valence-corrected chi connectivity index (χ4v) is 0.624. The lowest BCUT2D eigenvalue weighted by Gasteiger charge is -1.89. The van der Waals surface area contributed by atoms with E-state index >= 15 is 0 Å². The summed E-state index contributed by atoms with van der Waals surface area (Å²) in [5.74, 6) is 0. The van der Waals surface area contributed by atoms with E-state index in [9.17, 15) is 0 Å². The number of hydrogen-bond donors (Lipinski definition) is 1. The maximum atomic E-state index is 4.17. The van der Waals surface area contributed by atoms with Gasteiger partial charge in [0, 0.05) is 0 Å². The summed E-state index contributed by atoms with van der Waals surface area (Å²) in [6, 6.07) is 0. The molecule has 0 heterocycles. The van der Waals surface area contributed by atoms with Crippen molar-refractivity contribution < 1.29 is 0 Å². The van der Waals surface area contributed by atoms with Gasteiger partial charge >= 0.3 is 0 Å². The third-order valence-electron chi connectivity index (χ3n) is 0.839. The molecule has 0 aliphatic carbocycles. The average Bonchev–Trinajstić information content (AvgIpc) is 1.68. The predicted molar refractivity (Wildman–Crippen MR) is 37.7 cm³/mol. The summed E-state index contributed by atoms with van der Waals surface area (Å²) in [7, 11) is 0. The third kappa shape index (κ3) is 3.93. The molecule has 0 saturated carbocycles. The van der Waals surface area contributed by atoms with Gasteiger partial charge in [-0.15, -0.1) is 12.6 Å². The summed E-state index contributed by atoms with van der Waals surface area (Å²) < 4.78 is 0. The molecule has 1 heteroatoms. The van der Waals surface area contributed by atoms with Crippen molar-refractivity contribution in [3.8, 4) is 0 Å². The Morgan fingerprint density at radius 2 is 2.29 bits per heavy atom. The lowest BCUT2D eigenvalue weighted by Crippen LogP contribution is -1.66. The van der Waals surface area contributed by atoms with Gasteiger partial charge in [0.25, 0.3) is 0 Å². The second kappa shape index (κ2) is 4.25. The van der Waals surface area contributed by atoms with Crippen molar-refractivity contribution in [1.82, 2.24) is 0 Å². The molecule has 0 aliphatic heterocycles. The molecule has 0 aromatic carbocycles. The largest absolute Gasteiger partial charge is 0.148 e. The molecule has 0 spiro atoms. The highest BCUT2D eigenvalue weighted by Crippen LogP contribution is 2.06. The van der Waals surface area contributed by atoms with Gasteiger partial charge in [-0.3, -0.25) is 0 Å². The van der Waals surface area contributed by atoms with Crippen molar-refractivity contribution in [2.75, 3.05) is 0 Å². The van der Waals surface area contributed by atoms with Crippen LogP contribution in [0, 0.1) is 0 Å². The van der Waals surface area contributed by atoms with Gasteiger partial charge < -0.3 is 0 Å². The molecule has 42 valence electrons. The minimum Gasteiger partial charge on any atom is -0.148 e. The maximum Gasteiger partial charge on any atom is -0.0227 e. The molecular formula is C6H12S. The van der Waals surface area contributed by atoms with Crippen LogP contribution in [0.2, 0.25) is 0 Å². The highest BCUT2D eigenvalue weighted by Gasteiger charge is 1.80. The van der Waals surface area contributed by atoms with Crippen molar-refractivity contribution in [2.45, 2.75) is 26.7 Å². The normalized spacial score (nSPS) is 12.1. The Hall–Kier alpha value is 0.0900. The molecule has 0 fully saturated rings. The molecule has 0 amide bonds.